The van der Waals surface area contributed by atoms with Crippen LogP contribution in [-0.4, -0.2) is 21.1 Å². The Bertz CT molecular complexity index is 936. The lowest BCUT2D eigenvalue weighted by molar-refractivity contribution is 0.102. The predicted octanol–water partition coefficient (Wildman–Crippen LogP) is 3.87. The van der Waals surface area contributed by atoms with Gasteiger partial charge in [0.15, 0.2) is 0 Å². The van der Waals surface area contributed by atoms with E-state index >= 15 is 0 Å². The lowest BCUT2D eigenvalue weighted by Crippen LogP contribution is -2.13. The van der Waals surface area contributed by atoms with E-state index in [4.69, 9.17) is 11.6 Å². The number of carbonyl (C=O) groups is 1. The van der Waals surface area contributed by atoms with Crippen molar-refractivity contribution in [1.29, 1.82) is 5.26 Å². The number of halogens is 1. The third-order valence-electron chi connectivity index (χ3n) is 3.33. The molecule has 0 saturated heterocycles. The van der Waals surface area contributed by atoms with Gasteiger partial charge in [0.05, 0.1) is 5.56 Å². The first kappa shape index (κ1) is 17.0. The summed E-state index contributed by atoms with van der Waals surface area (Å²) in [4.78, 5) is 16.1. The van der Waals surface area contributed by atoms with Crippen molar-refractivity contribution in [2.75, 3.05) is 5.32 Å². The fourth-order valence-electron chi connectivity index (χ4n) is 2.07. The van der Waals surface area contributed by atoms with Crippen LogP contribution in [0.1, 0.15) is 21.5 Å². The Kier molecular flexibility index (Phi) is 5.33. The quantitative estimate of drug-likeness (QED) is 0.665. The summed E-state index contributed by atoms with van der Waals surface area (Å²) in [6.07, 6.45) is 3.03. The van der Waals surface area contributed by atoms with E-state index in [9.17, 15) is 10.1 Å². The van der Waals surface area contributed by atoms with Gasteiger partial charge < -0.3 is 5.32 Å². The molecule has 0 aliphatic heterocycles. The number of amides is 1. The highest BCUT2D eigenvalue weighted by atomic mass is 35.5. The van der Waals surface area contributed by atoms with Gasteiger partial charge in [0, 0.05) is 23.2 Å². The van der Waals surface area contributed by atoms with Gasteiger partial charge in [-0.25, -0.2) is 0 Å². The first-order valence-corrected chi connectivity index (χ1v) is 8.61. The number of nitrogens with one attached hydrogen (secondary N) is 2. The highest BCUT2D eigenvalue weighted by Crippen LogP contribution is 2.30. The minimum absolute atomic E-state index is 0.262. The standard InChI is InChI=1S/C17H12ClN5OS/c18-14-6-2-1-4-12(14)10-25-17-13(8-19)15(22-23-17)21-16(24)11-5-3-7-20-9-11/h1-7,9H,10H2,(H2,21,22,23,24). The molecule has 1 aromatic carbocycles. The third kappa shape index (κ3) is 3.99. The SMILES string of the molecule is N#Cc1c(SCc2ccccc2Cl)n[nH]c1NC(=O)c1cccnc1. The normalized spacial score (nSPS) is 10.2. The average molecular weight is 370 g/mol. The van der Waals surface area contributed by atoms with E-state index in [1.54, 1.807) is 18.3 Å². The van der Waals surface area contributed by atoms with Gasteiger partial charge in [-0.15, -0.1) is 0 Å². The second-order valence-electron chi connectivity index (χ2n) is 4.97. The van der Waals surface area contributed by atoms with Crippen molar-refractivity contribution in [3.8, 4) is 6.07 Å². The van der Waals surface area contributed by atoms with E-state index in [1.165, 1.54) is 18.0 Å². The van der Waals surface area contributed by atoms with Crippen molar-refractivity contribution in [2.24, 2.45) is 0 Å². The smallest absolute Gasteiger partial charge is 0.258 e. The van der Waals surface area contributed by atoms with Crippen LogP contribution in [-0.2, 0) is 5.75 Å². The van der Waals surface area contributed by atoms with E-state index in [0.717, 1.165) is 5.56 Å². The van der Waals surface area contributed by atoms with Crippen molar-refractivity contribution in [1.82, 2.24) is 15.2 Å². The molecule has 8 heteroatoms. The van der Waals surface area contributed by atoms with Gasteiger partial charge in [0.25, 0.3) is 5.91 Å². The number of aromatic nitrogens is 3. The fraction of sp³-hybridized carbons (Fsp3) is 0.0588. The van der Waals surface area contributed by atoms with Gasteiger partial charge in [-0.3, -0.25) is 14.9 Å². The van der Waals surface area contributed by atoms with Crippen LogP contribution in [0.4, 0.5) is 5.82 Å². The number of nitriles is 1. The Morgan fingerprint density at radius 3 is 2.88 bits per heavy atom. The van der Waals surface area contributed by atoms with Crippen LogP contribution >= 0.6 is 23.4 Å². The summed E-state index contributed by atoms with van der Waals surface area (Å²) >= 11 is 7.51. The lowest BCUT2D eigenvalue weighted by Gasteiger charge is -2.03. The van der Waals surface area contributed by atoms with E-state index in [2.05, 4.69) is 26.6 Å². The molecule has 0 spiro atoms. The molecule has 0 aliphatic carbocycles. The van der Waals surface area contributed by atoms with Crippen LogP contribution in [0, 0.1) is 11.3 Å². The third-order valence-corrected chi connectivity index (χ3v) is 4.72. The minimum Gasteiger partial charge on any atom is -0.306 e. The predicted molar refractivity (Wildman–Crippen MR) is 96.5 cm³/mol. The number of benzene rings is 1. The van der Waals surface area contributed by atoms with Gasteiger partial charge in [-0.2, -0.15) is 10.4 Å². The summed E-state index contributed by atoms with van der Waals surface area (Å²) < 4.78 is 0. The highest BCUT2D eigenvalue weighted by molar-refractivity contribution is 7.98. The molecule has 0 bridgehead atoms. The topological polar surface area (TPSA) is 94.5 Å². The molecular formula is C17H12ClN5OS. The van der Waals surface area contributed by atoms with E-state index in [-0.39, 0.29) is 17.3 Å². The fourth-order valence-corrected chi connectivity index (χ4v) is 3.30. The molecule has 1 amide bonds. The lowest BCUT2D eigenvalue weighted by atomic mass is 10.2. The van der Waals surface area contributed by atoms with E-state index < -0.39 is 0 Å². The monoisotopic (exact) mass is 369 g/mol. The maximum Gasteiger partial charge on any atom is 0.258 e. The average Bonchev–Trinajstić information content (AvgIpc) is 3.03. The Labute approximate surface area is 153 Å². The molecule has 0 saturated carbocycles. The van der Waals surface area contributed by atoms with Gasteiger partial charge in [-0.1, -0.05) is 41.6 Å². The summed E-state index contributed by atoms with van der Waals surface area (Å²) in [5.74, 6) is 0.462. The van der Waals surface area contributed by atoms with Crippen LogP contribution in [0.15, 0.2) is 53.8 Å². The second kappa shape index (κ2) is 7.83. The zero-order valence-electron chi connectivity index (χ0n) is 12.9. The maximum atomic E-state index is 12.2. The molecule has 6 nitrogen and oxygen atoms in total. The molecule has 0 fully saturated rings. The molecule has 25 heavy (non-hydrogen) atoms. The number of pyridine rings is 1. The molecule has 0 radical (unpaired) electrons. The number of anilines is 1. The van der Waals surface area contributed by atoms with Gasteiger partial charge in [-0.05, 0) is 23.8 Å². The molecular weight excluding hydrogens is 358 g/mol. The summed E-state index contributed by atoms with van der Waals surface area (Å²) in [5, 5.41) is 20.0. The number of carbonyl (C=O) groups excluding carboxylic acids is 1. The maximum absolute atomic E-state index is 12.2. The molecule has 2 N–H and O–H groups in total. The Hall–Kier alpha value is -2.82. The summed E-state index contributed by atoms with van der Waals surface area (Å²) in [5.41, 5.74) is 1.63. The Balaban J connectivity index is 1.74. The molecule has 0 aliphatic rings. The zero-order chi connectivity index (χ0) is 17.6. The number of H-pyrrole nitrogens is 1. The number of hydrogen-bond donors (Lipinski definition) is 2. The molecule has 3 aromatic rings. The van der Waals surface area contributed by atoms with Gasteiger partial charge in [0.2, 0.25) is 0 Å². The first-order chi connectivity index (χ1) is 12.2. The zero-order valence-corrected chi connectivity index (χ0v) is 14.4. The number of hydrogen-bond acceptors (Lipinski definition) is 5. The molecule has 3 rings (SSSR count). The summed E-state index contributed by atoms with van der Waals surface area (Å²) in [6.45, 7) is 0. The van der Waals surface area contributed by atoms with Crippen molar-refractivity contribution in [3.05, 3.63) is 70.5 Å². The Morgan fingerprint density at radius 2 is 2.16 bits per heavy atom. The van der Waals surface area contributed by atoms with Crippen LogP contribution in [0.25, 0.3) is 0 Å². The highest BCUT2D eigenvalue weighted by Gasteiger charge is 2.17. The van der Waals surface area contributed by atoms with Crippen LogP contribution in [0.5, 0.6) is 0 Å². The summed E-state index contributed by atoms with van der Waals surface area (Å²) in [7, 11) is 0. The molecule has 0 atom stereocenters. The van der Waals surface area contributed by atoms with Crippen molar-refractivity contribution >= 4 is 35.1 Å². The van der Waals surface area contributed by atoms with Crippen LogP contribution in [0.3, 0.4) is 0 Å². The van der Waals surface area contributed by atoms with E-state index in [0.29, 0.717) is 21.4 Å². The van der Waals surface area contributed by atoms with Crippen molar-refractivity contribution in [3.63, 3.8) is 0 Å². The van der Waals surface area contributed by atoms with Crippen LogP contribution in [0.2, 0.25) is 5.02 Å². The molecule has 0 unspecified atom stereocenters. The number of aromatic amines is 1. The van der Waals surface area contributed by atoms with Crippen molar-refractivity contribution in [2.45, 2.75) is 10.8 Å². The van der Waals surface area contributed by atoms with Crippen LogP contribution < -0.4 is 5.32 Å². The Morgan fingerprint density at radius 1 is 1.32 bits per heavy atom. The second-order valence-corrected chi connectivity index (χ2v) is 6.34. The first-order valence-electron chi connectivity index (χ1n) is 7.25. The largest absolute Gasteiger partial charge is 0.306 e. The number of rotatable bonds is 5. The minimum atomic E-state index is -0.365. The van der Waals surface area contributed by atoms with E-state index in [1.807, 2.05) is 24.3 Å². The number of nitrogens with zero attached hydrogens (tertiary/aromatic N) is 3. The molecule has 2 aromatic heterocycles. The van der Waals surface area contributed by atoms with Crippen molar-refractivity contribution < 1.29 is 4.79 Å². The molecule has 2 heterocycles. The number of thioether (sulfide) groups is 1. The summed E-state index contributed by atoms with van der Waals surface area (Å²) in [6, 6.07) is 12.9. The van der Waals surface area contributed by atoms with Gasteiger partial charge in [0.1, 0.15) is 22.5 Å². The van der Waals surface area contributed by atoms with Gasteiger partial charge >= 0.3 is 0 Å². The molecule has 124 valence electrons.